The molecule has 1 aromatic rings. The van der Waals surface area contributed by atoms with Crippen LogP contribution in [0.15, 0.2) is 17.0 Å². The molecule has 1 fully saturated rings. The van der Waals surface area contributed by atoms with Crippen molar-refractivity contribution in [3.05, 3.63) is 27.7 Å². The molecule has 0 amide bonds. The Bertz CT molecular complexity index is 638. The smallest absolute Gasteiger partial charge is 0.340 e. The summed E-state index contributed by atoms with van der Waals surface area (Å²) in [4.78, 5) is 11.6. The summed E-state index contributed by atoms with van der Waals surface area (Å²) in [5, 5.41) is -0.295. The first-order valence-corrected chi connectivity index (χ1v) is 8.58. The molecule has 5 nitrogen and oxygen atoms in total. The summed E-state index contributed by atoms with van der Waals surface area (Å²) in [6.07, 6.45) is 0.193. The zero-order valence-electron chi connectivity index (χ0n) is 9.94. The Balaban J connectivity index is 2.36. The van der Waals surface area contributed by atoms with Crippen LogP contribution in [0.5, 0.6) is 0 Å². The molecule has 1 unspecified atom stereocenters. The average Bonchev–Trinajstić information content (AvgIpc) is 2.83. The molecule has 20 heavy (non-hydrogen) atoms. The van der Waals surface area contributed by atoms with Crippen LogP contribution in [0.3, 0.4) is 0 Å². The monoisotopic (exact) mass is 358 g/mol. The van der Waals surface area contributed by atoms with Gasteiger partial charge in [0.05, 0.1) is 23.8 Å². The van der Waals surface area contributed by atoms with Gasteiger partial charge in [-0.15, -0.1) is 0 Å². The lowest BCUT2D eigenvalue weighted by molar-refractivity contribution is 0.0270. The zero-order chi connectivity index (χ0) is 14.9. The van der Waals surface area contributed by atoms with Gasteiger partial charge in [0.2, 0.25) is 0 Å². The highest BCUT2D eigenvalue weighted by molar-refractivity contribution is 8.13. The Morgan fingerprint density at radius 2 is 2.05 bits per heavy atom. The molecule has 1 saturated heterocycles. The van der Waals surface area contributed by atoms with E-state index in [0.717, 1.165) is 6.07 Å². The van der Waals surface area contributed by atoms with Crippen molar-refractivity contribution in [2.75, 3.05) is 13.2 Å². The van der Waals surface area contributed by atoms with E-state index < -0.39 is 19.9 Å². The van der Waals surface area contributed by atoms with E-state index in [9.17, 15) is 13.2 Å². The van der Waals surface area contributed by atoms with Crippen molar-refractivity contribution in [1.29, 1.82) is 0 Å². The largest absolute Gasteiger partial charge is 0.456 e. The number of carbonyl (C=O) groups is 1. The summed E-state index contributed by atoms with van der Waals surface area (Å²) in [6.45, 7) is 0.799. The molecule has 0 spiro atoms. The van der Waals surface area contributed by atoms with Crippen LogP contribution in [-0.4, -0.2) is 33.7 Å². The summed E-state index contributed by atoms with van der Waals surface area (Å²) in [5.41, 5.74) is -0.148. The molecule has 0 aliphatic carbocycles. The van der Waals surface area contributed by atoms with Crippen LogP contribution in [0.4, 0.5) is 0 Å². The van der Waals surface area contributed by atoms with E-state index in [-0.39, 0.29) is 21.7 Å². The quantitative estimate of drug-likeness (QED) is 0.613. The van der Waals surface area contributed by atoms with Gasteiger partial charge in [0.25, 0.3) is 9.05 Å². The van der Waals surface area contributed by atoms with Gasteiger partial charge >= 0.3 is 5.97 Å². The van der Waals surface area contributed by atoms with E-state index in [1.54, 1.807) is 0 Å². The number of benzene rings is 1. The summed E-state index contributed by atoms with van der Waals surface area (Å²) in [7, 11) is 1.12. The van der Waals surface area contributed by atoms with Crippen molar-refractivity contribution in [1.82, 2.24) is 0 Å². The molecule has 0 N–H and O–H groups in total. The molecule has 1 aromatic carbocycles. The molecule has 2 rings (SSSR count). The highest BCUT2D eigenvalue weighted by Crippen LogP contribution is 2.32. The van der Waals surface area contributed by atoms with Gasteiger partial charge in [0, 0.05) is 22.1 Å². The highest BCUT2D eigenvalue weighted by atomic mass is 35.7. The molecular formula is C11H9Cl3O5S. The fourth-order valence-electron chi connectivity index (χ4n) is 1.71. The van der Waals surface area contributed by atoms with Crippen molar-refractivity contribution in [2.45, 2.75) is 17.4 Å². The topological polar surface area (TPSA) is 69.7 Å². The van der Waals surface area contributed by atoms with E-state index in [0.29, 0.717) is 19.6 Å². The van der Waals surface area contributed by atoms with Crippen molar-refractivity contribution in [2.24, 2.45) is 0 Å². The number of hydrogen-bond acceptors (Lipinski definition) is 5. The maximum atomic E-state index is 12.0. The van der Waals surface area contributed by atoms with Gasteiger partial charge in [-0.3, -0.25) is 0 Å². The standard InChI is InChI=1S/C11H9Cl3O5S/c12-6-3-8(10(13)9(4-6)20(14,16)17)11(15)19-7-1-2-18-5-7/h3-4,7H,1-2,5H2. The number of ether oxygens (including phenoxy) is 2. The Labute approximate surface area is 130 Å². The van der Waals surface area contributed by atoms with Crippen LogP contribution < -0.4 is 0 Å². The third kappa shape index (κ3) is 3.56. The van der Waals surface area contributed by atoms with Crippen LogP contribution in [0.2, 0.25) is 10.0 Å². The van der Waals surface area contributed by atoms with Crippen LogP contribution in [-0.2, 0) is 18.5 Å². The lowest BCUT2D eigenvalue weighted by Gasteiger charge is -2.12. The van der Waals surface area contributed by atoms with Crippen molar-refractivity contribution in [3.8, 4) is 0 Å². The van der Waals surface area contributed by atoms with E-state index in [1.807, 2.05) is 0 Å². The summed E-state index contributed by atoms with van der Waals surface area (Å²) < 4.78 is 33.0. The molecule has 1 heterocycles. The Hall–Kier alpha value is -0.530. The van der Waals surface area contributed by atoms with Gasteiger partial charge in [0.1, 0.15) is 11.0 Å². The van der Waals surface area contributed by atoms with Crippen LogP contribution >= 0.6 is 33.9 Å². The molecule has 0 saturated carbocycles. The molecule has 1 aliphatic heterocycles. The first-order chi connectivity index (χ1) is 9.29. The van der Waals surface area contributed by atoms with Gasteiger partial charge in [-0.2, -0.15) is 0 Å². The SMILES string of the molecule is O=C(OC1CCOC1)c1cc(Cl)cc(S(=O)(=O)Cl)c1Cl. The van der Waals surface area contributed by atoms with Gasteiger partial charge in [-0.25, -0.2) is 13.2 Å². The molecule has 1 atom stereocenters. The maximum Gasteiger partial charge on any atom is 0.340 e. The first-order valence-electron chi connectivity index (χ1n) is 5.51. The van der Waals surface area contributed by atoms with Crippen LogP contribution in [0.1, 0.15) is 16.8 Å². The second-order valence-electron chi connectivity index (χ2n) is 4.09. The Kier molecular flexibility index (Phi) is 4.81. The highest BCUT2D eigenvalue weighted by Gasteiger charge is 2.26. The van der Waals surface area contributed by atoms with Gasteiger partial charge < -0.3 is 9.47 Å². The average molecular weight is 360 g/mol. The minimum Gasteiger partial charge on any atom is -0.456 e. The maximum absolute atomic E-state index is 12.0. The lowest BCUT2D eigenvalue weighted by atomic mass is 10.2. The number of hydrogen-bond donors (Lipinski definition) is 0. The fourth-order valence-corrected chi connectivity index (χ4v) is 3.56. The lowest BCUT2D eigenvalue weighted by Crippen LogP contribution is -2.18. The molecule has 110 valence electrons. The number of halogens is 3. The Morgan fingerprint density at radius 1 is 1.35 bits per heavy atom. The van der Waals surface area contributed by atoms with Crippen LogP contribution in [0, 0.1) is 0 Å². The predicted octanol–water partition coefficient (Wildman–Crippen LogP) is 2.87. The minimum atomic E-state index is -4.12. The van der Waals surface area contributed by atoms with Gasteiger partial charge in [0.15, 0.2) is 0 Å². The van der Waals surface area contributed by atoms with E-state index in [1.165, 1.54) is 6.07 Å². The molecular weight excluding hydrogens is 351 g/mol. The third-order valence-electron chi connectivity index (χ3n) is 2.65. The summed E-state index contributed by atoms with van der Waals surface area (Å²) in [5.74, 6) is -0.769. The zero-order valence-corrected chi connectivity index (χ0v) is 13.0. The first kappa shape index (κ1) is 15.9. The summed E-state index contributed by atoms with van der Waals surface area (Å²) >= 11 is 11.7. The number of rotatable bonds is 3. The number of esters is 1. The summed E-state index contributed by atoms with van der Waals surface area (Å²) in [6, 6.07) is 2.30. The molecule has 9 heteroatoms. The van der Waals surface area contributed by atoms with E-state index in [2.05, 4.69) is 0 Å². The van der Waals surface area contributed by atoms with E-state index >= 15 is 0 Å². The minimum absolute atomic E-state index is 0.0169. The van der Waals surface area contributed by atoms with Crippen molar-refractivity contribution >= 4 is 48.9 Å². The second-order valence-corrected chi connectivity index (χ2v) is 7.44. The predicted molar refractivity (Wildman–Crippen MR) is 74.1 cm³/mol. The van der Waals surface area contributed by atoms with Gasteiger partial charge in [-0.05, 0) is 12.1 Å². The Morgan fingerprint density at radius 3 is 2.60 bits per heavy atom. The van der Waals surface area contributed by atoms with Crippen molar-refractivity contribution in [3.63, 3.8) is 0 Å². The molecule has 0 aromatic heterocycles. The normalized spacial score (nSPS) is 19.1. The van der Waals surface area contributed by atoms with Gasteiger partial charge in [-0.1, -0.05) is 23.2 Å². The molecule has 0 radical (unpaired) electrons. The fraction of sp³-hybridized carbons (Fsp3) is 0.364. The molecule has 0 bridgehead atoms. The third-order valence-corrected chi connectivity index (χ3v) is 4.73. The van der Waals surface area contributed by atoms with Crippen LogP contribution in [0.25, 0.3) is 0 Å². The molecule has 1 aliphatic rings. The number of carbonyl (C=O) groups excluding carboxylic acids is 1. The van der Waals surface area contributed by atoms with Crippen molar-refractivity contribution < 1.29 is 22.7 Å². The second kappa shape index (κ2) is 6.07. The van der Waals surface area contributed by atoms with E-state index in [4.69, 9.17) is 43.4 Å².